The first-order valence-electron chi connectivity index (χ1n) is 29.7. The van der Waals surface area contributed by atoms with Gasteiger partial charge in [0, 0.05) is 0 Å². The standard InChI is InChI=1S/C78H66B2Ge2N2/c1-81(2,3)67-39-27-59-53-71(41-29-57(59)51-67)83(69-43-35-65(36-44-69)79(61-19-11-7-12-20-61)62-21-13-8-14-22-62)75-49-33-55-32-48-74-76(50-34-56-31-47-73(75)77(55)78(56)74)84(72-42-30-58-52-68(82(4,5)6)40-28-60(58)54-72)70-45-37-66(38-46-70)80(63-23-15-9-16-24-63)64-25-17-10-18-26-64/h7-54H,1-6H3. The molecule has 84 heavy (non-hydrogen) atoms. The van der Waals surface area contributed by atoms with E-state index in [0.717, 1.165) is 34.1 Å². The van der Waals surface area contributed by atoms with E-state index < -0.39 is 26.5 Å². The van der Waals surface area contributed by atoms with Gasteiger partial charge in [-0.3, -0.25) is 0 Å². The summed E-state index contributed by atoms with van der Waals surface area (Å²) in [5, 5.41) is 12.5. The van der Waals surface area contributed by atoms with Crippen molar-refractivity contribution in [3.8, 4) is 0 Å². The van der Waals surface area contributed by atoms with Crippen molar-refractivity contribution in [1.29, 1.82) is 0 Å². The van der Waals surface area contributed by atoms with E-state index in [-0.39, 0.29) is 13.4 Å². The van der Waals surface area contributed by atoms with Crippen LogP contribution < -0.4 is 51.4 Å². The SMILES string of the molecule is [CH3][Ge]([CH3])([CH3])[c]1ccc2cc(N(c3ccc(B(c4ccccc4)c4ccccc4)cc3)c3ccc4ccc5c(N(c6ccc(B(c7ccccc7)c7ccccc7)cc6)c6ccc7c[c]([Ge]([CH3])([CH3])[CH3])ccc7c6)ccc6ccc3c4c65)ccc2c1. The molecule has 0 amide bonds. The van der Waals surface area contributed by atoms with E-state index in [1.54, 1.807) is 0 Å². The van der Waals surface area contributed by atoms with Gasteiger partial charge in [0.25, 0.3) is 0 Å². The Bertz CT molecular complexity index is 4300. The molecule has 0 atom stereocenters. The first-order valence-corrected chi connectivity index (χ1v) is 44.4. The van der Waals surface area contributed by atoms with Crippen LogP contribution in [0, 0.1) is 0 Å². The molecule has 0 aliphatic heterocycles. The number of rotatable bonds is 14. The molecule has 0 saturated heterocycles. The van der Waals surface area contributed by atoms with Crippen molar-refractivity contribution in [3.05, 3.63) is 291 Å². The Morgan fingerprint density at radius 2 is 0.512 bits per heavy atom. The van der Waals surface area contributed by atoms with Gasteiger partial charge in [0.05, 0.1) is 0 Å². The number of hydrogen-bond acceptors (Lipinski definition) is 2. The molecule has 0 bridgehead atoms. The second kappa shape index (κ2) is 21.9. The second-order valence-electron chi connectivity index (χ2n) is 24.9. The molecule has 0 N–H and O–H groups in total. The van der Waals surface area contributed by atoms with Crippen LogP contribution in [0.5, 0.6) is 0 Å². The van der Waals surface area contributed by atoms with Crippen LogP contribution in [-0.2, 0) is 0 Å². The third-order valence-electron chi connectivity index (χ3n) is 17.5. The van der Waals surface area contributed by atoms with E-state index in [0.29, 0.717) is 0 Å². The summed E-state index contributed by atoms with van der Waals surface area (Å²) in [7, 11) is 0. The molecule has 0 heterocycles. The van der Waals surface area contributed by atoms with Crippen LogP contribution in [0.3, 0.4) is 0 Å². The van der Waals surface area contributed by atoms with Crippen LogP contribution >= 0.6 is 0 Å². The topological polar surface area (TPSA) is 6.48 Å². The molecule has 14 aromatic carbocycles. The maximum atomic E-state index is 2.50. The van der Waals surface area contributed by atoms with Gasteiger partial charge < -0.3 is 0 Å². The molecule has 2 nitrogen and oxygen atoms in total. The fourth-order valence-electron chi connectivity index (χ4n) is 13.1. The number of nitrogens with zero attached hydrogens (tertiary/aromatic N) is 2. The van der Waals surface area contributed by atoms with Gasteiger partial charge in [-0.05, 0) is 0 Å². The van der Waals surface area contributed by atoms with Crippen molar-refractivity contribution in [3.63, 3.8) is 0 Å². The molecule has 0 radical (unpaired) electrons. The summed E-state index contributed by atoms with van der Waals surface area (Å²) in [5.74, 6) is 14.9. The van der Waals surface area contributed by atoms with E-state index in [1.807, 2.05) is 0 Å². The van der Waals surface area contributed by atoms with Crippen LogP contribution in [0.4, 0.5) is 34.1 Å². The number of benzene rings is 14. The van der Waals surface area contributed by atoms with E-state index in [4.69, 9.17) is 0 Å². The molecule has 14 rings (SSSR count). The van der Waals surface area contributed by atoms with Gasteiger partial charge in [-0.25, -0.2) is 0 Å². The summed E-state index contributed by atoms with van der Waals surface area (Å²) in [5.41, 5.74) is 14.4. The number of fused-ring (bicyclic) bond motifs is 2. The summed E-state index contributed by atoms with van der Waals surface area (Å²) in [4.78, 5) is 5.00. The summed E-state index contributed by atoms with van der Waals surface area (Å²) >= 11 is -4.16. The third kappa shape index (κ3) is 10.1. The molecule has 0 aliphatic rings. The Balaban J connectivity index is 0.947. The van der Waals surface area contributed by atoms with E-state index in [2.05, 4.69) is 336 Å². The van der Waals surface area contributed by atoms with Gasteiger partial charge in [0.15, 0.2) is 0 Å². The van der Waals surface area contributed by atoms with Crippen LogP contribution in [0.15, 0.2) is 291 Å². The Kier molecular flexibility index (Phi) is 13.9. The predicted octanol–water partition coefficient (Wildman–Crippen LogP) is 16.0. The Labute approximate surface area is 501 Å². The maximum absolute atomic E-state index is 2.50. The number of anilines is 6. The van der Waals surface area contributed by atoms with Gasteiger partial charge in [-0.1, -0.05) is 143 Å². The Morgan fingerprint density at radius 3 is 0.845 bits per heavy atom. The summed E-state index contributed by atoms with van der Waals surface area (Å²) in [6.07, 6.45) is 0. The first kappa shape index (κ1) is 53.5. The zero-order valence-corrected chi connectivity index (χ0v) is 53.0. The van der Waals surface area contributed by atoms with Crippen LogP contribution in [0.1, 0.15) is 0 Å². The molecule has 6 heteroatoms. The summed E-state index contributed by atoms with van der Waals surface area (Å²) in [6, 6.07) is 110. The number of hydrogen-bond donors (Lipinski definition) is 0. The minimum absolute atomic E-state index is 0.0945. The summed E-state index contributed by atoms with van der Waals surface area (Å²) < 4.78 is 3.04. The van der Waals surface area contributed by atoms with Crippen molar-refractivity contribution >= 4 is 170 Å². The molecule has 0 fully saturated rings. The minimum atomic E-state index is -2.08. The van der Waals surface area contributed by atoms with Gasteiger partial charge in [0.1, 0.15) is 0 Å². The third-order valence-corrected chi connectivity index (χ3v) is 26.1. The zero-order valence-electron chi connectivity index (χ0n) is 48.8. The average Bonchev–Trinajstić information content (AvgIpc) is 2.48. The van der Waals surface area contributed by atoms with Crippen LogP contribution in [0.25, 0.3) is 53.9 Å². The summed E-state index contributed by atoms with van der Waals surface area (Å²) in [6.45, 7) is 0.189. The molecule has 402 valence electrons. The van der Waals surface area contributed by atoms with Gasteiger partial charge in [0.2, 0.25) is 0 Å². The van der Waals surface area contributed by atoms with Gasteiger partial charge in [-0.15, -0.1) is 0 Å². The van der Waals surface area contributed by atoms with Crippen molar-refractivity contribution in [2.24, 2.45) is 0 Å². The Morgan fingerprint density at radius 1 is 0.238 bits per heavy atom. The fourth-order valence-corrected chi connectivity index (χ4v) is 18.0. The normalized spacial score (nSPS) is 11.9. The molecule has 0 spiro atoms. The molecular weight excluding hydrogens is 1130 g/mol. The van der Waals surface area contributed by atoms with E-state index in [1.165, 1.54) is 95.4 Å². The zero-order chi connectivity index (χ0) is 57.1. The van der Waals surface area contributed by atoms with Crippen molar-refractivity contribution in [2.45, 2.75) is 34.5 Å². The second-order valence-corrected chi connectivity index (χ2v) is 46.3. The van der Waals surface area contributed by atoms with Crippen molar-refractivity contribution < 1.29 is 0 Å². The van der Waals surface area contributed by atoms with E-state index >= 15 is 0 Å². The van der Waals surface area contributed by atoms with Gasteiger partial charge in [-0.2, -0.15) is 0 Å². The van der Waals surface area contributed by atoms with Crippen LogP contribution in [-0.4, -0.2) is 40.0 Å². The molecule has 0 saturated carbocycles. The quantitative estimate of drug-likeness (QED) is 0.0791. The van der Waals surface area contributed by atoms with Crippen LogP contribution in [0.2, 0.25) is 34.5 Å². The first-order chi connectivity index (χ1) is 40.9. The predicted molar refractivity (Wildman–Crippen MR) is 376 cm³/mol. The average molecular weight is 1200 g/mol. The van der Waals surface area contributed by atoms with Crippen molar-refractivity contribution in [2.75, 3.05) is 9.80 Å². The van der Waals surface area contributed by atoms with Gasteiger partial charge >= 0.3 is 362 Å². The molecular formula is C78H66B2Ge2N2. The molecule has 14 aromatic rings. The Hall–Kier alpha value is -8.54. The molecule has 0 unspecified atom stereocenters. The van der Waals surface area contributed by atoms with E-state index in [9.17, 15) is 0 Å². The monoisotopic (exact) mass is 1200 g/mol. The molecule has 0 aromatic heterocycles. The molecule has 0 aliphatic carbocycles. The van der Waals surface area contributed by atoms with Crippen molar-refractivity contribution in [1.82, 2.24) is 0 Å². The fraction of sp³-hybridized carbons (Fsp3) is 0.0769.